The van der Waals surface area contributed by atoms with Crippen molar-refractivity contribution in [2.75, 3.05) is 5.73 Å². The predicted octanol–water partition coefficient (Wildman–Crippen LogP) is 5.80. The van der Waals surface area contributed by atoms with E-state index in [0.717, 1.165) is 11.3 Å². The van der Waals surface area contributed by atoms with Crippen LogP contribution in [0, 0.1) is 0 Å². The normalized spacial score (nSPS) is 11.9. The lowest BCUT2D eigenvalue weighted by Gasteiger charge is -2.09. The van der Waals surface area contributed by atoms with Gasteiger partial charge in [0.15, 0.2) is 0 Å². The van der Waals surface area contributed by atoms with Gasteiger partial charge in [-0.2, -0.15) is 8.42 Å². The molecule has 150 valence electrons. The topological polar surface area (TPSA) is 118 Å². The summed E-state index contributed by atoms with van der Waals surface area (Å²) in [6.45, 7) is 0. The van der Waals surface area contributed by atoms with Gasteiger partial charge in [-0.25, -0.2) is 0 Å². The van der Waals surface area contributed by atoms with Crippen LogP contribution in [-0.4, -0.2) is 18.0 Å². The monoisotopic (exact) mass is 438 g/mol. The maximum Gasteiger partial charge on any atom is 0.295 e. The van der Waals surface area contributed by atoms with Crippen LogP contribution in [0.2, 0.25) is 5.02 Å². The van der Waals surface area contributed by atoms with Crippen molar-refractivity contribution in [2.45, 2.75) is 4.90 Å². The van der Waals surface area contributed by atoms with Gasteiger partial charge in [-0.05, 0) is 30.3 Å². The van der Waals surface area contributed by atoms with Crippen molar-refractivity contribution in [1.29, 1.82) is 0 Å². The van der Waals surface area contributed by atoms with Gasteiger partial charge in [-0.3, -0.25) is 9.54 Å². The van der Waals surface area contributed by atoms with Crippen molar-refractivity contribution in [1.82, 2.24) is 4.98 Å². The third-order valence-electron chi connectivity index (χ3n) is 4.45. The van der Waals surface area contributed by atoms with Gasteiger partial charge >= 0.3 is 0 Å². The number of nitrogens with zero attached hydrogens (tertiary/aromatic N) is 3. The van der Waals surface area contributed by atoms with E-state index < -0.39 is 10.1 Å². The third-order valence-corrected chi connectivity index (χ3v) is 5.57. The number of hydrogen-bond acceptors (Lipinski definition) is 6. The third kappa shape index (κ3) is 4.02. The summed E-state index contributed by atoms with van der Waals surface area (Å²) in [6, 6.07) is 18.6. The molecule has 0 radical (unpaired) electrons. The lowest BCUT2D eigenvalue weighted by Crippen LogP contribution is -2.01. The first-order chi connectivity index (χ1) is 14.3. The molecule has 0 amide bonds. The second kappa shape index (κ2) is 7.83. The van der Waals surface area contributed by atoms with Crippen LogP contribution in [0.25, 0.3) is 22.0 Å². The van der Waals surface area contributed by atoms with Gasteiger partial charge in [0.2, 0.25) is 0 Å². The summed E-state index contributed by atoms with van der Waals surface area (Å²) in [5, 5.41) is 9.55. The molecule has 3 aromatic carbocycles. The average molecular weight is 439 g/mol. The molecule has 0 saturated carbocycles. The highest BCUT2D eigenvalue weighted by Crippen LogP contribution is 2.36. The van der Waals surface area contributed by atoms with Crippen molar-refractivity contribution in [3.05, 3.63) is 77.9 Å². The second-order valence-corrected chi connectivity index (χ2v) is 8.27. The Kier molecular flexibility index (Phi) is 5.21. The highest BCUT2D eigenvalue weighted by molar-refractivity contribution is 7.86. The van der Waals surface area contributed by atoms with E-state index in [1.165, 1.54) is 12.3 Å². The first-order valence-electron chi connectivity index (χ1n) is 8.75. The van der Waals surface area contributed by atoms with Gasteiger partial charge in [0, 0.05) is 21.4 Å². The van der Waals surface area contributed by atoms with Gasteiger partial charge in [-0.15, -0.1) is 10.2 Å². The van der Waals surface area contributed by atoms with E-state index >= 15 is 0 Å². The lowest BCUT2D eigenvalue weighted by atomic mass is 10.1. The van der Waals surface area contributed by atoms with Gasteiger partial charge in [0.25, 0.3) is 10.1 Å². The van der Waals surface area contributed by atoms with Crippen LogP contribution < -0.4 is 5.73 Å². The smallest absolute Gasteiger partial charge is 0.295 e. The van der Waals surface area contributed by atoms with Crippen molar-refractivity contribution in [3.63, 3.8) is 0 Å². The van der Waals surface area contributed by atoms with E-state index in [1.54, 1.807) is 48.5 Å². The Balaban J connectivity index is 1.71. The quantitative estimate of drug-likeness (QED) is 0.237. The van der Waals surface area contributed by atoms with E-state index in [1.807, 2.05) is 12.1 Å². The maximum absolute atomic E-state index is 11.8. The Labute approximate surface area is 177 Å². The summed E-state index contributed by atoms with van der Waals surface area (Å²) >= 11 is 6.01. The molecule has 30 heavy (non-hydrogen) atoms. The van der Waals surface area contributed by atoms with Crippen LogP contribution in [-0.2, 0) is 10.1 Å². The predicted molar refractivity (Wildman–Crippen MR) is 117 cm³/mol. The van der Waals surface area contributed by atoms with Crippen LogP contribution in [0.3, 0.4) is 0 Å². The van der Waals surface area contributed by atoms with E-state index in [9.17, 15) is 13.0 Å². The van der Waals surface area contributed by atoms with Crippen LogP contribution in [0.1, 0.15) is 0 Å². The zero-order chi connectivity index (χ0) is 21.3. The van der Waals surface area contributed by atoms with Crippen molar-refractivity contribution >= 4 is 49.6 Å². The summed E-state index contributed by atoms with van der Waals surface area (Å²) < 4.78 is 33.2. The lowest BCUT2D eigenvalue weighted by molar-refractivity contribution is 0.484. The molecule has 0 saturated heterocycles. The summed E-state index contributed by atoms with van der Waals surface area (Å²) in [6.07, 6.45) is 1.53. The Hall–Kier alpha value is -3.33. The van der Waals surface area contributed by atoms with Crippen molar-refractivity contribution in [3.8, 4) is 11.3 Å². The molecule has 3 N–H and O–H groups in total. The number of benzene rings is 3. The number of halogens is 1. The summed E-state index contributed by atoms with van der Waals surface area (Å²) in [4.78, 5) is 4.07. The van der Waals surface area contributed by atoms with Gasteiger partial charge < -0.3 is 5.73 Å². The minimum Gasteiger partial charge on any atom is -0.396 e. The molecule has 0 aliphatic rings. The Morgan fingerprint density at radius 2 is 1.70 bits per heavy atom. The first-order valence-corrected chi connectivity index (χ1v) is 10.6. The van der Waals surface area contributed by atoms with Crippen LogP contribution in [0.5, 0.6) is 0 Å². The summed E-state index contributed by atoms with van der Waals surface area (Å²) in [5.41, 5.74) is 8.56. The molecular weight excluding hydrogens is 424 g/mol. The largest absolute Gasteiger partial charge is 0.396 e. The number of aromatic nitrogens is 1. The Bertz CT molecular complexity index is 1390. The van der Waals surface area contributed by atoms with Crippen molar-refractivity contribution < 1.29 is 13.0 Å². The molecule has 4 aromatic rings. The highest BCUT2D eigenvalue weighted by Gasteiger charge is 2.18. The van der Waals surface area contributed by atoms with E-state index in [0.29, 0.717) is 21.5 Å². The number of pyridine rings is 1. The minimum atomic E-state index is -4.47. The molecule has 7 nitrogen and oxygen atoms in total. The molecular formula is C21H15ClN4O3S. The number of azo groups is 1. The molecule has 9 heteroatoms. The molecule has 1 aromatic heterocycles. The van der Waals surface area contributed by atoms with Gasteiger partial charge in [-0.1, -0.05) is 48.0 Å². The fourth-order valence-electron chi connectivity index (χ4n) is 3.02. The summed E-state index contributed by atoms with van der Waals surface area (Å²) in [7, 11) is -4.47. The van der Waals surface area contributed by atoms with Crippen LogP contribution in [0.4, 0.5) is 17.1 Å². The fraction of sp³-hybridized carbons (Fsp3) is 0. The van der Waals surface area contributed by atoms with Crippen molar-refractivity contribution in [2.24, 2.45) is 10.2 Å². The zero-order valence-corrected chi connectivity index (χ0v) is 17.0. The van der Waals surface area contributed by atoms with E-state index in [-0.39, 0.29) is 16.3 Å². The van der Waals surface area contributed by atoms with Gasteiger partial charge in [0.05, 0.1) is 17.6 Å². The molecule has 0 aliphatic heterocycles. The van der Waals surface area contributed by atoms with Crippen LogP contribution in [0.15, 0.2) is 88.1 Å². The Morgan fingerprint density at radius 3 is 2.37 bits per heavy atom. The zero-order valence-electron chi connectivity index (χ0n) is 15.4. The molecule has 0 unspecified atom stereocenters. The molecule has 4 rings (SSSR count). The first kappa shape index (κ1) is 20.0. The van der Waals surface area contributed by atoms with Gasteiger partial charge in [0.1, 0.15) is 16.3 Å². The number of hydrogen-bond donors (Lipinski definition) is 2. The molecule has 1 heterocycles. The number of rotatable bonds is 4. The maximum atomic E-state index is 11.8. The standard InChI is InChI=1S/C21H15ClN4O3S/c22-14-5-3-4-13(10-14)18-9-8-15(12-24-18)25-26-19-11-20(30(27,28)29)16-6-1-2-7-17(16)21(19)23/h1-12H,23H2,(H,27,28,29). The molecule has 0 spiro atoms. The highest BCUT2D eigenvalue weighted by atomic mass is 35.5. The Morgan fingerprint density at radius 1 is 0.933 bits per heavy atom. The number of nitrogens with two attached hydrogens (primary N) is 1. The SMILES string of the molecule is Nc1c(N=Nc2ccc(-c3cccc(Cl)c3)nc2)cc(S(=O)(=O)O)c2ccccc12. The number of anilines is 1. The number of nitrogen functional groups attached to an aromatic ring is 1. The molecule has 0 aliphatic carbocycles. The second-order valence-electron chi connectivity index (χ2n) is 6.44. The van der Waals surface area contributed by atoms with E-state index in [2.05, 4.69) is 15.2 Å². The summed E-state index contributed by atoms with van der Waals surface area (Å²) in [5.74, 6) is 0. The molecule has 0 atom stereocenters. The van der Waals surface area contributed by atoms with Crippen LogP contribution >= 0.6 is 11.6 Å². The molecule has 0 bridgehead atoms. The molecule has 0 fully saturated rings. The fourth-order valence-corrected chi connectivity index (χ4v) is 3.93. The average Bonchev–Trinajstić information content (AvgIpc) is 2.73. The minimum absolute atomic E-state index is 0.125. The number of fused-ring (bicyclic) bond motifs is 1. The van der Waals surface area contributed by atoms with E-state index in [4.69, 9.17) is 17.3 Å².